The van der Waals surface area contributed by atoms with Crippen LogP contribution in [0, 0.1) is 18.3 Å². The molecule has 1 fully saturated rings. The molecule has 0 amide bonds. The molecule has 0 unspecified atom stereocenters. The van der Waals surface area contributed by atoms with Gasteiger partial charge in [-0.1, -0.05) is 6.07 Å². The van der Waals surface area contributed by atoms with E-state index in [4.69, 9.17) is 5.26 Å². The van der Waals surface area contributed by atoms with E-state index in [1.54, 1.807) is 22.8 Å². The standard InChI is InChI=1S/C17H17N7O2S/c1-13-20-21-17-10-15(12-19-24(13)17)22-5-7-23(8-6-22)27(25,26)16-4-2-3-14(9-16)11-18/h2-4,9-10,12H,5-8H2,1H3. The molecule has 138 valence electrons. The average Bonchev–Trinajstić information content (AvgIpc) is 3.08. The normalized spacial score (nSPS) is 15.8. The van der Waals surface area contributed by atoms with Gasteiger partial charge in [0.2, 0.25) is 10.0 Å². The quantitative estimate of drug-likeness (QED) is 0.659. The van der Waals surface area contributed by atoms with Crippen molar-refractivity contribution in [3.8, 4) is 6.07 Å². The number of anilines is 1. The summed E-state index contributed by atoms with van der Waals surface area (Å²) in [6.07, 6.45) is 1.74. The summed E-state index contributed by atoms with van der Waals surface area (Å²) in [6, 6.07) is 9.98. The smallest absolute Gasteiger partial charge is 0.243 e. The van der Waals surface area contributed by atoms with Crippen molar-refractivity contribution >= 4 is 21.4 Å². The molecule has 0 aliphatic carbocycles. The van der Waals surface area contributed by atoms with E-state index in [1.807, 2.05) is 19.1 Å². The van der Waals surface area contributed by atoms with E-state index in [-0.39, 0.29) is 4.90 Å². The molecule has 1 aliphatic heterocycles. The van der Waals surface area contributed by atoms with Gasteiger partial charge in [-0.25, -0.2) is 8.42 Å². The Balaban J connectivity index is 1.51. The van der Waals surface area contributed by atoms with E-state index in [1.165, 1.54) is 16.4 Å². The Morgan fingerprint density at radius 2 is 1.89 bits per heavy atom. The van der Waals surface area contributed by atoms with Gasteiger partial charge in [0, 0.05) is 32.2 Å². The van der Waals surface area contributed by atoms with Crippen molar-refractivity contribution in [1.82, 2.24) is 24.1 Å². The van der Waals surface area contributed by atoms with Crippen molar-refractivity contribution in [1.29, 1.82) is 5.26 Å². The van der Waals surface area contributed by atoms with E-state index >= 15 is 0 Å². The summed E-state index contributed by atoms with van der Waals surface area (Å²) < 4.78 is 28.8. The molecule has 3 heterocycles. The number of fused-ring (bicyclic) bond motifs is 1. The number of sulfonamides is 1. The molecule has 0 atom stereocenters. The first-order valence-electron chi connectivity index (χ1n) is 8.42. The van der Waals surface area contributed by atoms with Crippen LogP contribution in [0.1, 0.15) is 11.4 Å². The van der Waals surface area contributed by atoms with Crippen LogP contribution in [0.5, 0.6) is 0 Å². The minimum absolute atomic E-state index is 0.150. The Morgan fingerprint density at radius 1 is 1.11 bits per heavy atom. The maximum Gasteiger partial charge on any atom is 0.243 e. The summed E-state index contributed by atoms with van der Waals surface area (Å²) in [5.74, 6) is 0.715. The van der Waals surface area contributed by atoms with Crippen molar-refractivity contribution in [3.63, 3.8) is 0 Å². The second kappa shape index (κ2) is 6.61. The number of hydrogen-bond acceptors (Lipinski definition) is 7. The third-order valence-corrected chi connectivity index (χ3v) is 6.50. The molecule has 4 rings (SSSR count). The molecule has 0 spiro atoms. The average molecular weight is 383 g/mol. The minimum atomic E-state index is -3.62. The zero-order valence-corrected chi connectivity index (χ0v) is 15.5. The molecule has 2 aromatic heterocycles. The number of benzene rings is 1. The van der Waals surface area contributed by atoms with Crippen LogP contribution in [0.2, 0.25) is 0 Å². The molecular formula is C17H17N7O2S. The van der Waals surface area contributed by atoms with Crippen LogP contribution in [0.25, 0.3) is 5.65 Å². The number of piperazine rings is 1. The molecule has 0 N–H and O–H groups in total. The van der Waals surface area contributed by atoms with E-state index < -0.39 is 10.0 Å². The van der Waals surface area contributed by atoms with Gasteiger partial charge in [-0.05, 0) is 25.1 Å². The summed E-state index contributed by atoms with van der Waals surface area (Å²) in [6.45, 7) is 3.63. The summed E-state index contributed by atoms with van der Waals surface area (Å²) in [5.41, 5.74) is 1.88. The number of nitriles is 1. The SMILES string of the molecule is Cc1nnc2cc(N3CCN(S(=O)(=O)c4cccc(C#N)c4)CC3)cnn12. The topological polar surface area (TPSA) is 107 Å². The van der Waals surface area contributed by atoms with E-state index in [0.717, 1.165) is 5.69 Å². The molecule has 0 bridgehead atoms. The highest BCUT2D eigenvalue weighted by Gasteiger charge is 2.29. The van der Waals surface area contributed by atoms with E-state index in [2.05, 4.69) is 20.2 Å². The van der Waals surface area contributed by atoms with Crippen LogP contribution >= 0.6 is 0 Å². The van der Waals surface area contributed by atoms with Gasteiger partial charge in [-0.15, -0.1) is 10.2 Å². The first-order chi connectivity index (χ1) is 13.0. The minimum Gasteiger partial charge on any atom is -0.367 e. The second-order valence-corrected chi connectivity index (χ2v) is 8.20. The van der Waals surface area contributed by atoms with Gasteiger partial charge in [0.15, 0.2) is 11.5 Å². The van der Waals surface area contributed by atoms with Crippen molar-refractivity contribution < 1.29 is 8.42 Å². The molecule has 1 aromatic carbocycles. The predicted octanol–water partition coefficient (Wildman–Crippen LogP) is 0.815. The van der Waals surface area contributed by atoms with Crippen LogP contribution in [-0.4, -0.2) is 58.7 Å². The molecule has 3 aromatic rings. The lowest BCUT2D eigenvalue weighted by Gasteiger charge is -2.35. The van der Waals surface area contributed by atoms with Gasteiger partial charge in [0.25, 0.3) is 0 Å². The summed E-state index contributed by atoms with van der Waals surface area (Å²) >= 11 is 0. The highest BCUT2D eigenvalue weighted by molar-refractivity contribution is 7.89. The van der Waals surface area contributed by atoms with E-state index in [0.29, 0.717) is 43.2 Å². The fourth-order valence-corrected chi connectivity index (χ4v) is 4.60. The number of hydrogen-bond donors (Lipinski definition) is 0. The number of nitrogens with zero attached hydrogens (tertiary/aromatic N) is 7. The second-order valence-electron chi connectivity index (χ2n) is 6.26. The van der Waals surface area contributed by atoms with Gasteiger partial charge < -0.3 is 4.90 Å². The Labute approximate surface area is 156 Å². The number of aromatic nitrogens is 4. The van der Waals surface area contributed by atoms with Gasteiger partial charge in [-0.3, -0.25) is 0 Å². The Bertz CT molecular complexity index is 1140. The fourth-order valence-electron chi connectivity index (χ4n) is 3.13. The molecule has 0 saturated carbocycles. The lowest BCUT2D eigenvalue weighted by Crippen LogP contribution is -2.48. The fraction of sp³-hybridized carbons (Fsp3) is 0.294. The highest BCUT2D eigenvalue weighted by atomic mass is 32.2. The predicted molar refractivity (Wildman–Crippen MR) is 97.6 cm³/mol. The van der Waals surface area contributed by atoms with Crippen LogP contribution in [0.15, 0.2) is 41.4 Å². The largest absolute Gasteiger partial charge is 0.367 e. The molecule has 1 saturated heterocycles. The maximum absolute atomic E-state index is 12.8. The van der Waals surface area contributed by atoms with Crippen molar-refractivity contribution in [2.45, 2.75) is 11.8 Å². The molecule has 27 heavy (non-hydrogen) atoms. The van der Waals surface area contributed by atoms with Crippen molar-refractivity contribution in [3.05, 3.63) is 47.9 Å². The molecular weight excluding hydrogens is 366 g/mol. The highest BCUT2D eigenvalue weighted by Crippen LogP contribution is 2.22. The van der Waals surface area contributed by atoms with Crippen LogP contribution in [-0.2, 0) is 10.0 Å². The van der Waals surface area contributed by atoms with Crippen LogP contribution in [0.3, 0.4) is 0 Å². The lowest BCUT2D eigenvalue weighted by atomic mass is 10.2. The van der Waals surface area contributed by atoms with Crippen LogP contribution in [0.4, 0.5) is 5.69 Å². The summed E-state index contributed by atoms with van der Waals surface area (Å²) in [4.78, 5) is 2.23. The van der Waals surface area contributed by atoms with E-state index in [9.17, 15) is 8.42 Å². The summed E-state index contributed by atoms with van der Waals surface area (Å²) in [5, 5.41) is 21.4. The van der Waals surface area contributed by atoms with Gasteiger partial charge in [0.1, 0.15) is 0 Å². The zero-order chi connectivity index (χ0) is 19.0. The molecule has 9 nitrogen and oxygen atoms in total. The first-order valence-corrected chi connectivity index (χ1v) is 9.86. The first kappa shape index (κ1) is 17.4. The Kier molecular flexibility index (Phi) is 4.25. The van der Waals surface area contributed by atoms with Gasteiger partial charge >= 0.3 is 0 Å². The number of rotatable bonds is 3. The van der Waals surface area contributed by atoms with Gasteiger partial charge in [0.05, 0.1) is 28.4 Å². The Hall–Kier alpha value is -3.03. The third-order valence-electron chi connectivity index (χ3n) is 4.61. The Morgan fingerprint density at radius 3 is 2.63 bits per heavy atom. The van der Waals surface area contributed by atoms with Crippen LogP contribution < -0.4 is 4.90 Å². The van der Waals surface area contributed by atoms with Crippen molar-refractivity contribution in [2.24, 2.45) is 0 Å². The molecule has 1 aliphatic rings. The van der Waals surface area contributed by atoms with Gasteiger partial charge in [-0.2, -0.15) is 19.2 Å². The lowest BCUT2D eigenvalue weighted by molar-refractivity contribution is 0.384. The number of aryl methyl sites for hydroxylation is 1. The molecule has 10 heteroatoms. The summed E-state index contributed by atoms with van der Waals surface area (Å²) in [7, 11) is -3.62. The maximum atomic E-state index is 12.8. The molecule has 0 radical (unpaired) electrons. The zero-order valence-electron chi connectivity index (χ0n) is 14.6. The van der Waals surface area contributed by atoms with Crippen molar-refractivity contribution in [2.75, 3.05) is 31.1 Å². The monoisotopic (exact) mass is 383 g/mol. The third kappa shape index (κ3) is 3.11.